The van der Waals surface area contributed by atoms with Crippen LogP contribution in [0.2, 0.25) is 0 Å². The second-order valence-corrected chi connectivity index (χ2v) is 7.36. The number of carbonyl (C=O) groups is 1. The van der Waals surface area contributed by atoms with Gasteiger partial charge in [0, 0.05) is 6.54 Å². The minimum Gasteiger partial charge on any atom is -0.354 e. The smallest absolute Gasteiger partial charge is 0.264 e. The summed E-state index contributed by atoms with van der Waals surface area (Å²) in [4.78, 5) is 29.3. The molecule has 0 aliphatic rings. The van der Waals surface area contributed by atoms with E-state index >= 15 is 0 Å². The molecule has 0 saturated heterocycles. The predicted molar refractivity (Wildman–Crippen MR) is 115 cm³/mol. The molecule has 158 valence electrons. The monoisotopic (exact) mass is 419 g/mol. The van der Waals surface area contributed by atoms with Gasteiger partial charge in [-0.15, -0.1) is 0 Å². The maximum absolute atomic E-state index is 13.0. The van der Waals surface area contributed by atoms with E-state index in [-0.39, 0.29) is 23.7 Å². The Labute approximate surface area is 178 Å². The van der Waals surface area contributed by atoms with E-state index in [1.54, 1.807) is 21.4 Å². The summed E-state index contributed by atoms with van der Waals surface area (Å²) in [5, 5.41) is 7.51. The third kappa shape index (κ3) is 4.69. The van der Waals surface area contributed by atoms with Crippen molar-refractivity contribution in [1.82, 2.24) is 24.6 Å². The van der Waals surface area contributed by atoms with Crippen molar-refractivity contribution in [2.24, 2.45) is 0 Å². The van der Waals surface area contributed by atoms with Gasteiger partial charge < -0.3 is 5.32 Å². The van der Waals surface area contributed by atoms with Crippen molar-refractivity contribution in [3.63, 3.8) is 0 Å². The maximum atomic E-state index is 13.0. The summed E-state index contributed by atoms with van der Waals surface area (Å²) >= 11 is 0. The zero-order valence-corrected chi connectivity index (χ0v) is 17.1. The van der Waals surface area contributed by atoms with Crippen LogP contribution >= 0.6 is 0 Å². The van der Waals surface area contributed by atoms with E-state index in [1.807, 2.05) is 31.2 Å². The molecule has 2 heterocycles. The first kappa shape index (κ1) is 20.5. The predicted octanol–water partition coefficient (Wildman–Crippen LogP) is 2.45. The van der Waals surface area contributed by atoms with Crippen LogP contribution in [0.25, 0.3) is 11.0 Å². The second-order valence-electron chi connectivity index (χ2n) is 7.36. The number of nitrogens with zero attached hydrogens (tertiary/aromatic N) is 4. The maximum Gasteiger partial charge on any atom is 0.264 e. The molecule has 0 fully saturated rings. The van der Waals surface area contributed by atoms with Crippen LogP contribution in [-0.2, 0) is 24.3 Å². The summed E-state index contributed by atoms with van der Waals surface area (Å²) in [7, 11) is 0. The molecule has 1 amide bonds. The molecule has 8 heteroatoms. The van der Waals surface area contributed by atoms with Gasteiger partial charge >= 0.3 is 0 Å². The SMILES string of the molecule is Cc1ccccc1Cn1cnc2c(cnn2CCNC(=O)Cc2ccc(F)cc2)c1=O. The van der Waals surface area contributed by atoms with Crippen LogP contribution in [0.4, 0.5) is 4.39 Å². The van der Waals surface area contributed by atoms with Crippen LogP contribution in [0.3, 0.4) is 0 Å². The normalized spacial score (nSPS) is 11.0. The van der Waals surface area contributed by atoms with Crippen molar-refractivity contribution >= 4 is 16.9 Å². The highest BCUT2D eigenvalue weighted by molar-refractivity contribution is 5.78. The topological polar surface area (TPSA) is 81.8 Å². The number of hydrogen-bond acceptors (Lipinski definition) is 4. The molecule has 0 aliphatic carbocycles. The fourth-order valence-corrected chi connectivity index (χ4v) is 3.40. The molecule has 2 aromatic heterocycles. The third-order valence-corrected chi connectivity index (χ3v) is 5.15. The van der Waals surface area contributed by atoms with E-state index in [1.165, 1.54) is 24.7 Å². The van der Waals surface area contributed by atoms with Gasteiger partial charge in [-0.3, -0.25) is 14.2 Å². The van der Waals surface area contributed by atoms with Gasteiger partial charge in [0.15, 0.2) is 5.65 Å². The number of rotatable bonds is 7. The van der Waals surface area contributed by atoms with Gasteiger partial charge in [0.05, 0.1) is 25.7 Å². The van der Waals surface area contributed by atoms with Crippen LogP contribution in [0.1, 0.15) is 16.7 Å². The lowest BCUT2D eigenvalue weighted by Gasteiger charge is -2.09. The van der Waals surface area contributed by atoms with Crippen molar-refractivity contribution in [3.8, 4) is 0 Å². The average molecular weight is 419 g/mol. The van der Waals surface area contributed by atoms with E-state index in [2.05, 4.69) is 15.4 Å². The number of halogens is 1. The Morgan fingerprint density at radius 3 is 2.68 bits per heavy atom. The molecule has 1 N–H and O–H groups in total. The molecule has 0 unspecified atom stereocenters. The molecular weight excluding hydrogens is 397 g/mol. The van der Waals surface area contributed by atoms with Crippen molar-refractivity contribution < 1.29 is 9.18 Å². The van der Waals surface area contributed by atoms with Crippen molar-refractivity contribution in [2.75, 3.05) is 6.54 Å². The van der Waals surface area contributed by atoms with Gasteiger partial charge in [-0.1, -0.05) is 36.4 Å². The number of amides is 1. The zero-order valence-electron chi connectivity index (χ0n) is 17.1. The highest BCUT2D eigenvalue weighted by Gasteiger charge is 2.11. The molecule has 2 aromatic carbocycles. The number of hydrogen-bond donors (Lipinski definition) is 1. The summed E-state index contributed by atoms with van der Waals surface area (Å²) < 4.78 is 16.1. The number of aryl methyl sites for hydroxylation is 1. The van der Waals surface area contributed by atoms with Crippen LogP contribution in [0.5, 0.6) is 0 Å². The Balaban J connectivity index is 1.40. The largest absolute Gasteiger partial charge is 0.354 e. The fourth-order valence-electron chi connectivity index (χ4n) is 3.40. The number of aromatic nitrogens is 4. The molecule has 0 bridgehead atoms. The molecule has 0 saturated carbocycles. The Morgan fingerprint density at radius 2 is 1.90 bits per heavy atom. The number of carbonyl (C=O) groups excluding carboxylic acids is 1. The van der Waals surface area contributed by atoms with Gasteiger partial charge in [-0.05, 0) is 35.7 Å². The van der Waals surface area contributed by atoms with Crippen LogP contribution in [0, 0.1) is 12.7 Å². The minimum atomic E-state index is -0.333. The number of nitrogens with one attached hydrogen (secondary N) is 1. The zero-order chi connectivity index (χ0) is 21.8. The molecule has 4 aromatic rings. The number of fused-ring (bicyclic) bond motifs is 1. The molecule has 0 spiro atoms. The first-order valence-corrected chi connectivity index (χ1v) is 9.98. The third-order valence-electron chi connectivity index (χ3n) is 5.15. The lowest BCUT2D eigenvalue weighted by Crippen LogP contribution is -2.29. The van der Waals surface area contributed by atoms with Gasteiger partial charge in [-0.25, -0.2) is 14.1 Å². The fraction of sp³-hybridized carbons (Fsp3) is 0.217. The standard InChI is InChI=1S/C23H22FN5O2/c1-16-4-2-3-5-18(16)14-28-15-26-22-20(23(28)31)13-27-29(22)11-10-25-21(30)12-17-6-8-19(24)9-7-17/h2-9,13,15H,10-12,14H2,1H3,(H,25,30). The molecule has 0 aliphatic heterocycles. The molecule has 4 rings (SSSR count). The first-order chi connectivity index (χ1) is 15.0. The Kier molecular flexibility index (Phi) is 5.88. The number of benzene rings is 2. The Hall–Kier alpha value is -3.81. The van der Waals surface area contributed by atoms with Crippen molar-refractivity contribution in [2.45, 2.75) is 26.4 Å². The van der Waals surface area contributed by atoms with Crippen LogP contribution in [0.15, 0.2) is 65.8 Å². The van der Waals surface area contributed by atoms with Crippen molar-refractivity contribution in [3.05, 3.63) is 93.9 Å². The summed E-state index contributed by atoms with van der Waals surface area (Å²) in [5.74, 6) is -0.503. The van der Waals surface area contributed by atoms with Gasteiger partial charge in [-0.2, -0.15) is 5.10 Å². The van der Waals surface area contributed by atoms with E-state index in [0.717, 1.165) is 16.7 Å². The molecule has 7 nitrogen and oxygen atoms in total. The summed E-state index contributed by atoms with van der Waals surface area (Å²) in [6.45, 7) is 3.17. The van der Waals surface area contributed by atoms with Gasteiger partial charge in [0.25, 0.3) is 5.56 Å². The Morgan fingerprint density at radius 1 is 1.13 bits per heavy atom. The average Bonchev–Trinajstić information content (AvgIpc) is 3.17. The molecule has 31 heavy (non-hydrogen) atoms. The quantitative estimate of drug-likeness (QED) is 0.499. The summed E-state index contributed by atoms with van der Waals surface area (Å²) in [6, 6.07) is 13.7. The highest BCUT2D eigenvalue weighted by Crippen LogP contribution is 2.10. The van der Waals surface area contributed by atoms with Crippen LogP contribution in [-0.4, -0.2) is 31.8 Å². The molecular formula is C23H22FN5O2. The van der Waals surface area contributed by atoms with Crippen molar-refractivity contribution in [1.29, 1.82) is 0 Å². The van der Waals surface area contributed by atoms with Gasteiger partial charge in [0.2, 0.25) is 5.91 Å². The minimum absolute atomic E-state index is 0.153. The lowest BCUT2D eigenvalue weighted by molar-refractivity contribution is -0.120. The van der Waals surface area contributed by atoms with E-state index in [0.29, 0.717) is 30.7 Å². The summed E-state index contributed by atoms with van der Waals surface area (Å²) in [5.41, 5.74) is 3.24. The molecule has 0 radical (unpaired) electrons. The highest BCUT2D eigenvalue weighted by atomic mass is 19.1. The second kappa shape index (κ2) is 8.91. The molecule has 0 atom stereocenters. The van der Waals surface area contributed by atoms with Gasteiger partial charge in [0.1, 0.15) is 17.5 Å². The van der Waals surface area contributed by atoms with E-state index in [9.17, 15) is 14.0 Å². The Bertz CT molecular complexity index is 1280. The van der Waals surface area contributed by atoms with Crippen LogP contribution < -0.4 is 10.9 Å². The van der Waals surface area contributed by atoms with E-state index < -0.39 is 0 Å². The summed E-state index contributed by atoms with van der Waals surface area (Å²) in [6.07, 6.45) is 3.21. The van der Waals surface area contributed by atoms with E-state index in [4.69, 9.17) is 0 Å². The lowest BCUT2D eigenvalue weighted by atomic mass is 10.1. The first-order valence-electron chi connectivity index (χ1n) is 9.98.